The monoisotopic (exact) mass is 360 g/mol. The molecule has 0 aliphatic carbocycles. The molecule has 26 heavy (non-hydrogen) atoms. The van der Waals surface area contributed by atoms with Crippen molar-refractivity contribution in [2.24, 2.45) is 0 Å². The fourth-order valence-corrected chi connectivity index (χ4v) is 2.00. The summed E-state index contributed by atoms with van der Waals surface area (Å²) in [4.78, 5) is 19.7. The van der Waals surface area contributed by atoms with Gasteiger partial charge in [0.2, 0.25) is 11.9 Å². The van der Waals surface area contributed by atoms with Crippen LogP contribution in [0.4, 0.5) is 20.3 Å². The molecule has 2 rings (SSSR count). The second-order valence-corrected chi connectivity index (χ2v) is 6.37. The van der Waals surface area contributed by atoms with E-state index >= 15 is 0 Å². The molecule has 1 amide bonds. The molecule has 0 spiro atoms. The molecule has 0 aromatic carbocycles. The molecule has 136 valence electrons. The minimum Gasteiger partial charge on any atom is -0.478 e. The molecule has 0 radical (unpaired) electrons. The number of nitrogens with one attached hydrogen (secondary N) is 2. The Hall–Kier alpha value is -3.21. The summed E-state index contributed by atoms with van der Waals surface area (Å²) >= 11 is 0. The molecule has 0 aliphatic heterocycles. The van der Waals surface area contributed by atoms with Crippen LogP contribution in [0.2, 0.25) is 0 Å². The van der Waals surface area contributed by atoms with Crippen molar-refractivity contribution in [3.63, 3.8) is 0 Å². The Labute approximate surface area is 150 Å². The van der Waals surface area contributed by atoms with Crippen LogP contribution in [-0.2, 0) is 0 Å². The maximum Gasteiger partial charge on any atom is 0.274 e. The summed E-state index contributed by atoms with van der Waals surface area (Å²) in [6.07, 6.45) is 5.18. The second kappa shape index (κ2) is 7.78. The molecule has 2 aromatic heterocycles. The first-order valence-corrected chi connectivity index (χ1v) is 7.68. The molecule has 2 aromatic rings. The molecule has 2 heterocycles. The van der Waals surface area contributed by atoms with E-state index in [4.69, 9.17) is 11.2 Å². The zero-order valence-corrected chi connectivity index (χ0v) is 14.6. The summed E-state index contributed by atoms with van der Waals surface area (Å²) in [5.41, 5.74) is -0.403. The lowest BCUT2D eigenvalue weighted by molar-refractivity contribution is 0.0910. The zero-order chi connectivity index (χ0) is 19.3. The van der Waals surface area contributed by atoms with E-state index in [2.05, 4.69) is 26.5 Å². The number of terminal acetylenes is 1. The summed E-state index contributed by atoms with van der Waals surface area (Å²) < 4.78 is 31.8. The molecular formula is C18H18F2N4O2. The number of hydrogen-bond donors (Lipinski definition) is 2. The van der Waals surface area contributed by atoms with Crippen molar-refractivity contribution in [3.8, 4) is 18.1 Å². The highest BCUT2D eigenvalue weighted by molar-refractivity contribution is 5.95. The predicted octanol–water partition coefficient (Wildman–Crippen LogP) is 3.04. The van der Waals surface area contributed by atoms with E-state index in [1.807, 2.05) is 20.8 Å². The second-order valence-electron chi connectivity index (χ2n) is 6.37. The van der Waals surface area contributed by atoms with E-state index < -0.39 is 23.3 Å². The number of halogens is 2. The Kier molecular flexibility index (Phi) is 5.72. The third kappa shape index (κ3) is 5.41. The van der Waals surface area contributed by atoms with Gasteiger partial charge >= 0.3 is 0 Å². The fourth-order valence-electron chi connectivity index (χ4n) is 2.00. The number of amides is 1. The van der Waals surface area contributed by atoms with Gasteiger partial charge in [-0.15, -0.1) is 6.42 Å². The Bertz CT molecular complexity index is 837. The van der Waals surface area contributed by atoms with Crippen LogP contribution in [0.3, 0.4) is 0 Å². The number of rotatable bonds is 5. The number of aromatic nitrogens is 2. The van der Waals surface area contributed by atoms with Crippen molar-refractivity contribution >= 4 is 17.4 Å². The van der Waals surface area contributed by atoms with Crippen LogP contribution in [0.5, 0.6) is 5.75 Å². The molecule has 6 nitrogen and oxygen atoms in total. The van der Waals surface area contributed by atoms with Gasteiger partial charge in [0.25, 0.3) is 5.91 Å². The quantitative estimate of drug-likeness (QED) is 0.633. The molecule has 0 saturated carbocycles. The third-order valence-electron chi connectivity index (χ3n) is 2.91. The van der Waals surface area contributed by atoms with Crippen molar-refractivity contribution in [2.75, 3.05) is 11.9 Å². The van der Waals surface area contributed by atoms with Crippen LogP contribution in [0.1, 0.15) is 31.3 Å². The van der Waals surface area contributed by atoms with E-state index in [0.29, 0.717) is 0 Å². The minimum absolute atomic E-state index is 0.00447. The van der Waals surface area contributed by atoms with Gasteiger partial charge in [-0.25, -0.2) is 4.98 Å². The Morgan fingerprint density at radius 3 is 2.46 bits per heavy atom. The summed E-state index contributed by atoms with van der Waals surface area (Å²) in [6.45, 7) is 5.41. The van der Waals surface area contributed by atoms with Crippen LogP contribution in [-0.4, -0.2) is 28.0 Å². The molecule has 0 saturated heterocycles. The first kappa shape index (κ1) is 19.1. The SMILES string of the molecule is C#CCOc1ccc(Nc2cc(F)nc(F)c2)nc1C(=O)NC(C)(C)C. The van der Waals surface area contributed by atoms with Crippen molar-refractivity contribution in [2.45, 2.75) is 26.3 Å². The van der Waals surface area contributed by atoms with E-state index in [1.165, 1.54) is 12.1 Å². The minimum atomic E-state index is -0.979. The molecule has 0 unspecified atom stereocenters. The van der Waals surface area contributed by atoms with Crippen molar-refractivity contribution in [3.05, 3.63) is 41.9 Å². The molecule has 0 atom stereocenters. The standard InChI is InChI=1S/C18H18F2N4O2/c1-5-8-26-12-6-7-15(21-11-9-13(19)22-14(20)10-11)23-16(12)17(25)24-18(2,3)4/h1,6-7,9-10H,8H2,2-4H3,(H,24,25)(H,21,22,23). The van der Waals surface area contributed by atoms with Crippen molar-refractivity contribution in [1.29, 1.82) is 0 Å². The molecule has 0 fully saturated rings. The van der Waals surface area contributed by atoms with Crippen LogP contribution in [0.25, 0.3) is 0 Å². The van der Waals surface area contributed by atoms with Gasteiger partial charge in [-0.05, 0) is 32.9 Å². The van der Waals surface area contributed by atoms with E-state index in [-0.39, 0.29) is 29.6 Å². The average Bonchev–Trinajstić information content (AvgIpc) is 2.51. The third-order valence-corrected chi connectivity index (χ3v) is 2.91. The van der Waals surface area contributed by atoms with Gasteiger partial charge in [0.05, 0.1) is 0 Å². The van der Waals surface area contributed by atoms with Crippen molar-refractivity contribution in [1.82, 2.24) is 15.3 Å². The van der Waals surface area contributed by atoms with Crippen LogP contribution in [0, 0.1) is 24.2 Å². The summed E-state index contributed by atoms with van der Waals surface area (Å²) in [5, 5.41) is 5.49. The smallest absolute Gasteiger partial charge is 0.274 e. The van der Waals surface area contributed by atoms with Gasteiger partial charge in [0, 0.05) is 23.4 Å². The number of anilines is 2. The number of pyridine rings is 2. The van der Waals surface area contributed by atoms with E-state index in [9.17, 15) is 13.6 Å². The summed E-state index contributed by atoms with van der Waals surface area (Å²) in [7, 11) is 0. The maximum atomic E-state index is 13.2. The van der Waals surface area contributed by atoms with Gasteiger partial charge in [-0.1, -0.05) is 5.92 Å². The summed E-state index contributed by atoms with van der Waals surface area (Å²) in [6, 6.07) is 5.00. The largest absolute Gasteiger partial charge is 0.478 e. The van der Waals surface area contributed by atoms with Gasteiger partial charge in [-0.2, -0.15) is 13.8 Å². The number of ether oxygens (including phenoxy) is 1. The van der Waals surface area contributed by atoms with E-state index in [1.54, 1.807) is 0 Å². The molecule has 0 aliphatic rings. The number of hydrogen-bond acceptors (Lipinski definition) is 5. The highest BCUT2D eigenvalue weighted by atomic mass is 19.1. The molecule has 8 heteroatoms. The van der Waals surface area contributed by atoms with Crippen LogP contribution >= 0.6 is 0 Å². The summed E-state index contributed by atoms with van der Waals surface area (Å²) in [5.74, 6) is 0.272. The average molecular weight is 360 g/mol. The highest BCUT2D eigenvalue weighted by Crippen LogP contribution is 2.23. The molecule has 0 bridgehead atoms. The van der Waals surface area contributed by atoms with Crippen LogP contribution < -0.4 is 15.4 Å². The zero-order valence-electron chi connectivity index (χ0n) is 14.6. The van der Waals surface area contributed by atoms with Gasteiger partial charge in [0.15, 0.2) is 11.4 Å². The fraction of sp³-hybridized carbons (Fsp3) is 0.278. The Morgan fingerprint density at radius 2 is 1.88 bits per heavy atom. The first-order valence-electron chi connectivity index (χ1n) is 7.68. The first-order chi connectivity index (χ1) is 12.2. The normalized spacial score (nSPS) is 10.8. The van der Waals surface area contributed by atoms with Gasteiger partial charge < -0.3 is 15.4 Å². The lowest BCUT2D eigenvalue weighted by Gasteiger charge is -2.21. The topological polar surface area (TPSA) is 76.1 Å². The van der Waals surface area contributed by atoms with Crippen molar-refractivity contribution < 1.29 is 18.3 Å². The lowest BCUT2D eigenvalue weighted by atomic mass is 10.1. The molecular weight excluding hydrogens is 342 g/mol. The van der Waals surface area contributed by atoms with Gasteiger partial charge in [0.1, 0.15) is 12.4 Å². The molecule has 2 N–H and O–H groups in total. The van der Waals surface area contributed by atoms with Gasteiger partial charge in [-0.3, -0.25) is 4.79 Å². The Balaban J connectivity index is 2.35. The van der Waals surface area contributed by atoms with Crippen LogP contribution in [0.15, 0.2) is 24.3 Å². The number of carbonyl (C=O) groups excluding carboxylic acids is 1. The number of carbonyl (C=O) groups is 1. The highest BCUT2D eigenvalue weighted by Gasteiger charge is 2.21. The van der Waals surface area contributed by atoms with E-state index in [0.717, 1.165) is 12.1 Å². The lowest BCUT2D eigenvalue weighted by Crippen LogP contribution is -2.41. The Morgan fingerprint density at radius 1 is 1.23 bits per heavy atom. The number of nitrogens with zero attached hydrogens (tertiary/aromatic N) is 2. The predicted molar refractivity (Wildman–Crippen MR) is 93.2 cm³/mol. The maximum absolute atomic E-state index is 13.2.